The summed E-state index contributed by atoms with van der Waals surface area (Å²) in [7, 11) is 3.51. The van der Waals surface area contributed by atoms with Crippen LogP contribution in [-0.2, 0) is 19.0 Å². The molecule has 0 aromatic heterocycles. The highest BCUT2D eigenvalue weighted by Gasteiger charge is 2.83. The van der Waals surface area contributed by atoms with Gasteiger partial charge in [0.25, 0.3) is 0 Å². The number of carbonyl (C=O) groups is 1. The zero-order valence-corrected chi connectivity index (χ0v) is 19.8. The number of ether oxygens (including phenoxy) is 3. The van der Waals surface area contributed by atoms with Gasteiger partial charge in [0.2, 0.25) is 0 Å². The fourth-order valence-corrected chi connectivity index (χ4v) is 10.7. The van der Waals surface area contributed by atoms with Gasteiger partial charge < -0.3 is 24.4 Å². The highest BCUT2D eigenvalue weighted by Crippen LogP contribution is 2.79. The standard InChI is InChI=1S/C25H39NO6/c1-5-26-11-23(12-30-3)7-6-19(28)25-15-8-14-17(31-4)10-24(29,16(22(25)26)9-18(23)25)20(15)21(14)32-13(2)27/h14-22,28-29H,5-12H2,1-4H3/t14-,15-,16+,17+,18-,19+,20-,21+,22+,23+,24+,25-/m1/s1. The number of hydrogen-bond acceptors (Lipinski definition) is 7. The third kappa shape index (κ3) is 2.28. The third-order valence-electron chi connectivity index (χ3n) is 11.2. The lowest BCUT2D eigenvalue weighted by Gasteiger charge is -2.69. The van der Waals surface area contributed by atoms with Crippen molar-refractivity contribution in [3.63, 3.8) is 0 Å². The fourth-order valence-electron chi connectivity index (χ4n) is 10.7. The summed E-state index contributed by atoms with van der Waals surface area (Å²) < 4.78 is 17.7. The maximum atomic E-state index is 12.5. The number of rotatable bonds is 5. The molecular formula is C25H39NO6. The van der Waals surface area contributed by atoms with Crippen molar-refractivity contribution in [3.8, 4) is 0 Å². The highest BCUT2D eigenvalue weighted by molar-refractivity contribution is 5.66. The van der Waals surface area contributed by atoms with Crippen LogP contribution >= 0.6 is 0 Å². The zero-order chi connectivity index (χ0) is 22.6. The average Bonchev–Trinajstić information content (AvgIpc) is 3.20. The first-order valence-electron chi connectivity index (χ1n) is 12.6. The number of aliphatic hydroxyl groups excluding tert-OH is 1. The van der Waals surface area contributed by atoms with Crippen LogP contribution in [-0.4, -0.2) is 85.0 Å². The summed E-state index contributed by atoms with van der Waals surface area (Å²) in [5.74, 6) is 0.164. The Balaban J connectivity index is 1.56. The number of hydrogen-bond donors (Lipinski definition) is 2. The molecule has 6 rings (SSSR count). The van der Waals surface area contributed by atoms with E-state index in [1.165, 1.54) is 6.92 Å². The van der Waals surface area contributed by atoms with Gasteiger partial charge in [-0.1, -0.05) is 6.92 Å². The molecule has 1 heterocycles. The number of methoxy groups -OCH3 is 2. The second-order valence-corrected chi connectivity index (χ2v) is 11.8. The molecule has 0 aromatic carbocycles. The van der Waals surface area contributed by atoms with Crippen molar-refractivity contribution >= 4 is 5.97 Å². The molecule has 7 nitrogen and oxygen atoms in total. The van der Waals surface area contributed by atoms with E-state index in [-0.39, 0.29) is 58.7 Å². The van der Waals surface area contributed by atoms with E-state index in [0.717, 1.165) is 38.8 Å². The lowest BCUT2D eigenvalue weighted by molar-refractivity contribution is -0.274. The summed E-state index contributed by atoms with van der Waals surface area (Å²) in [6.45, 7) is 6.27. The van der Waals surface area contributed by atoms with E-state index in [1.54, 1.807) is 14.2 Å². The highest BCUT2D eigenvalue weighted by atomic mass is 16.5. The zero-order valence-electron chi connectivity index (χ0n) is 19.8. The minimum atomic E-state index is -0.942. The molecule has 6 aliphatic rings. The molecule has 7 heteroatoms. The molecule has 0 unspecified atom stereocenters. The van der Waals surface area contributed by atoms with Crippen LogP contribution in [0.2, 0.25) is 0 Å². The van der Waals surface area contributed by atoms with Gasteiger partial charge in [-0.3, -0.25) is 9.69 Å². The van der Waals surface area contributed by atoms with Gasteiger partial charge in [0.05, 0.1) is 24.4 Å². The monoisotopic (exact) mass is 449 g/mol. The van der Waals surface area contributed by atoms with Crippen molar-refractivity contribution in [2.45, 2.75) is 75.9 Å². The number of likely N-dealkylation sites (tertiary alicyclic amines) is 1. The molecule has 0 radical (unpaired) electrons. The van der Waals surface area contributed by atoms with Gasteiger partial charge in [-0.05, 0) is 44.1 Å². The van der Waals surface area contributed by atoms with Crippen molar-refractivity contribution in [2.75, 3.05) is 33.9 Å². The van der Waals surface area contributed by atoms with Gasteiger partial charge >= 0.3 is 5.97 Å². The second-order valence-electron chi connectivity index (χ2n) is 11.8. The molecule has 1 spiro atoms. The van der Waals surface area contributed by atoms with Crippen molar-refractivity contribution < 1.29 is 29.2 Å². The SMILES string of the molecule is CCN1C[C@]2(COC)CC[C@H](O)[C@@]34[C@@H]5C[C@H]6[C@H](OC(C)=O)[C@@H]5[C@](O)(C[C@@H]6OC)[C@@H](C[C@H]23)[C@H]14. The van der Waals surface area contributed by atoms with Crippen molar-refractivity contribution in [3.05, 3.63) is 0 Å². The smallest absolute Gasteiger partial charge is 0.302 e. The Hall–Kier alpha value is -0.730. The summed E-state index contributed by atoms with van der Waals surface area (Å²) >= 11 is 0. The number of nitrogens with zero attached hydrogens (tertiary/aromatic N) is 1. The molecule has 6 fully saturated rings. The van der Waals surface area contributed by atoms with E-state index in [9.17, 15) is 15.0 Å². The van der Waals surface area contributed by atoms with E-state index in [1.807, 2.05) is 0 Å². The second kappa shape index (κ2) is 6.91. The maximum Gasteiger partial charge on any atom is 0.302 e. The Kier molecular flexibility index (Phi) is 4.70. The Morgan fingerprint density at radius 2 is 2.00 bits per heavy atom. The Labute approximate surface area is 190 Å². The van der Waals surface area contributed by atoms with Gasteiger partial charge in [-0.15, -0.1) is 0 Å². The molecule has 1 saturated heterocycles. The number of aliphatic hydroxyl groups is 2. The summed E-state index contributed by atoms with van der Waals surface area (Å²) in [6, 6.07) is 0.163. The Morgan fingerprint density at radius 1 is 1.22 bits per heavy atom. The first-order valence-corrected chi connectivity index (χ1v) is 12.6. The lowest BCUT2D eigenvalue weighted by Crippen LogP contribution is -2.76. The fraction of sp³-hybridized carbons (Fsp3) is 0.960. The summed E-state index contributed by atoms with van der Waals surface area (Å²) in [6.07, 6.45) is 3.27. The molecule has 5 saturated carbocycles. The maximum absolute atomic E-state index is 12.5. The van der Waals surface area contributed by atoms with Gasteiger partial charge in [0.15, 0.2) is 0 Å². The summed E-state index contributed by atoms with van der Waals surface area (Å²) in [5, 5.41) is 24.4. The van der Waals surface area contributed by atoms with Crippen LogP contribution in [0.4, 0.5) is 0 Å². The summed E-state index contributed by atoms with van der Waals surface area (Å²) in [5.41, 5.74) is -1.20. The summed E-state index contributed by atoms with van der Waals surface area (Å²) in [4.78, 5) is 14.7. The van der Waals surface area contributed by atoms with Gasteiger partial charge in [-0.2, -0.15) is 0 Å². The van der Waals surface area contributed by atoms with Gasteiger partial charge in [-0.25, -0.2) is 0 Å². The molecule has 180 valence electrons. The molecule has 12 atom stereocenters. The van der Waals surface area contributed by atoms with Gasteiger partial charge in [0, 0.05) is 68.7 Å². The molecule has 32 heavy (non-hydrogen) atoms. The van der Waals surface area contributed by atoms with Crippen molar-refractivity contribution in [1.29, 1.82) is 0 Å². The van der Waals surface area contributed by atoms with E-state index in [0.29, 0.717) is 18.9 Å². The predicted molar refractivity (Wildman–Crippen MR) is 116 cm³/mol. The third-order valence-corrected chi connectivity index (χ3v) is 11.2. The predicted octanol–water partition coefficient (Wildman–Crippen LogP) is 1.45. The molecule has 2 N–H and O–H groups in total. The van der Waals surface area contributed by atoms with Crippen LogP contribution in [0.1, 0.15) is 46.0 Å². The van der Waals surface area contributed by atoms with E-state index >= 15 is 0 Å². The molecule has 1 aliphatic heterocycles. The quantitative estimate of drug-likeness (QED) is 0.614. The minimum absolute atomic E-state index is 0.0138. The minimum Gasteiger partial charge on any atom is -0.462 e. The van der Waals surface area contributed by atoms with Crippen LogP contribution in [0.5, 0.6) is 0 Å². The first-order chi connectivity index (χ1) is 15.3. The van der Waals surface area contributed by atoms with E-state index in [4.69, 9.17) is 14.2 Å². The van der Waals surface area contributed by atoms with Crippen LogP contribution in [0.3, 0.4) is 0 Å². The van der Waals surface area contributed by atoms with E-state index in [2.05, 4.69) is 11.8 Å². The largest absolute Gasteiger partial charge is 0.462 e. The number of fused-ring (bicyclic) bond motifs is 2. The number of esters is 1. The normalized spacial score (nSPS) is 57.5. The first kappa shape index (κ1) is 21.8. The molecular weight excluding hydrogens is 410 g/mol. The molecule has 0 aromatic rings. The lowest BCUT2D eigenvalue weighted by atomic mass is 9.43. The van der Waals surface area contributed by atoms with Crippen LogP contribution < -0.4 is 0 Å². The Morgan fingerprint density at radius 3 is 2.66 bits per heavy atom. The molecule has 0 amide bonds. The molecule has 7 bridgehead atoms. The number of piperidine rings is 1. The number of carbonyl (C=O) groups excluding carboxylic acids is 1. The van der Waals surface area contributed by atoms with Crippen LogP contribution in [0, 0.1) is 40.4 Å². The Bertz CT molecular complexity index is 807. The molecule has 5 aliphatic carbocycles. The van der Waals surface area contributed by atoms with E-state index < -0.39 is 11.7 Å². The van der Waals surface area contributed by atoms with Gasteiger partial charge in [0.1, 0.15) is 6.10 Å². The van der Waals surface area contributed by atoms with Crippen LogP contribution in [0.25, 0.3) is 0 Å². The van der Waals surface area contributed by atoms with Crippen LogP contribution in [0.15, 0.2) is 0 Å². The average molecular weight is 450 g/mol. The topological polar surface area (TPSA) is 88.5 Å². The van der Waals surface area contributed by atoms with Crippen molar-refractivity contribution in [2.24, 2.45) is 40.4 Å². The van der Waals surface area contributed by atoms with Crippen molar-refractivity contribution in [1.82, 2.24) is 4.90 Å².